The van der Waals surface area contributed by atoms with E-state index in [2.05, 4.69) is 57.0 Å². The van der Waals surface area contributed by atoms with Gasteiger partial charge in [0.15, 0.2) is 5.41 Å². The molecule has 1 unspecified atom stereocenters. The van der Waals surface area contributed by atoms with E-state index in [0.29, 0.717) is 19.3 Å². The highest BCUT2D eigenvalue weighted by molar-refractivity contribution is 6.01. The molecule has 0 bridgehead atoms. The minimum Gasteiger partial charge on any atom is -0.465 e. The van der Waals surface area contributed by atoms with Crippen molar-refractivity contribution in [1.29, 1.82) is 0 Å². The van der Waals surface area contributed by atoms with Crippen LogP contribution in [0.15, 0.2) is 60.7 Å². The van der Waals surface area contributed by atoms with Crippen LogP contribution >= 0.6 is 0 Å². The molecular weight excluding hydrogens is 490 g/mol. The molecule has 6 heteroatoms. The summed E-state index contributed by atoms with van der Waals surface area (Å²) in [5.41, 5.74) is -1.39. The molecule has 2 aliphatic rings. The van der Waals surface area contributed by atoms with Gasteiger partial charge in [0.25, 0.3) is 0 Å². The Balaban J connectivity index is 2.05. The largest absolute Gasteiger partial charge is 0.465 e. The molecule has 2 aromatic carbocycles. The second-order valence-corrected chi connectivity index (χ2v) is 12.2. The van der Waals surface area contributed by atoms with Crippen LogP contribution in [-0.4, -0.2) is 41.3 Å². The van der Waals surface area contributed by atoms with Crippen molar-refractivity contribution in [2.45, 2.75) is 96.7 Å². The molecule has 1 heterocycles. The van der Waals surface area contributed by atoms with Crippen LogP contribution in [0.2, 0.25) is 0 Å². The molecule has 0 aromatic heterocycles. The Morgan fingerprint density at radius 2 is 1.23 bits per heavy atom. The third-order valence-corrected chi connectivity index (χ3v) is 8.75. The molecule has 1 aliphatic carbocycles. The monoisotopic (exact) mass is 535 g/mol. The summed E-state index contributed by atoms with van der Waals surface area (Å²) >= 11 is 0. The normalized spacial score (nSPS) is 22.3. The minimum absolute atomic E-state index is 0.184. The lowest BCUT2D eigenvalue weighted by Gasteiger charge is -2.57. The molecule has 0 N–H and O–H groups in total. The van der Waals surface area contributed by atoms with Crippen molar-refractivity contribution in [3.8, 4) is 0 Å². The zero-order valence-electron chi connectivity index (χ0n) is 24.5. The number of nitrogens with zero attached hydrogens (tertiary/aromatic N) is 1. The quantitative estimate of drug-likeness (QED) is 0.259. The van der Waals surface area contributed by atoms with Gasteiger partial charge < -0.3 is 9.47 Å². The molecule has 4 rings (SSSR count). The fourth-order valence-electron chi connectivity index (χ4n) is 7.12. The number of ether oxygens (including phenoxy) is 2. The van der Waals surface area contributed by atoms with Gasteiger partial charge >= 0.3 is 11.9 Å². The molecule has 1 saturated carbocycles. The average molecular weight is 536 g/mol. The fourth-order valence-corrected chi connectivity index (χ4v) is 7.12. The summed E-state index contributed by atoms with van der Waals surface area (Å²) in [6.45, 7) is 12.8. The summed E-state index contributed by atoms with van der Waals surface area (Å²) in [7, 11) is 0. The SMILES string of the molecule is CCOC(=O)C1(C(=O)OCC)CCCC1C(ON1C(C)(C)CCCC1(C)C)(c1ccccc1)c1ccccc1. The highest BCUT2D eigenvalue weighted by Gasteiger charge is 2.66. The number of piperidine rings is 1. The van der Waals surface area contributed by atoms with Crippen molar-refractivity contribution in [3.63, 3.8) is 0 Å². The zero-order valence-corrected chi connectivity index (χ0v) is 24.5. The highest BCUT2D eigenvalue weighted by Crippen LogP contribution is 2.59. The van der Waals surface area contributed by atoms with Crippen molar-refractivity contribution in [1.82, 2.24) is 5.06 Å². The van der Waals surface area contributed by atoms with Gasteiger partial charge in [-0.1, -0.05) is 67.1 Å². The molecule has 39 heavy (non-hydrogen) atoms. The van der Waals surface area contributed by atoms with Gasteiger partial charge in [-0.15, -0.1) is 0 Å². The van der Waals surface area contributed by atoms with Gasteiger partial charge in [-0.3, -0.25) is 14.4 Å². The van der Waals surface area contributed by atoms with E-state index in [1.165, 1.54) is 0 Å². The number of rotatable bonds is 9. The van der Waals surface area contributed by atoms with Gasteiger partial charge in [0, 0.05) is 17.0 Å². The summed E-state index contributed by atoms with van der Waals surface area (Å²) in [5, 5.41) is 2.16. The molecule has 2 fully saturated rings. The minimum atomic E-state index is -1.50. The Bertz CT molecular complexity index is 1050. The maximum Gasteiger partial charge on any atom is 0.323 e. The summed E-state index contributed by atoms with van der Waals surface area (Å²) < 4.78 is 11.3. The van der Waals surface area contributed by atoms with Gasteiger partial charge in [-0.05, 0) is 84.8 Å². The molecule has 0 radical (unpaired) electrons. The van der Waals surface area contributed by atoms with Gasteiger partial charge in [-0.25, -0.2) is 0 Å². The smallest absolute Gasteiger partial charge is 0.323 e. The summed E-state index contributed by atoms with van der Waals surface area (Å²) in [6.07, 6.45) is 4.69. The van der Waals surface area contributed by atoms with Crippen LogP contribution in [-0.2, 0) is 29.5 Å². The standard InChI is InChI=1S/C33H45NO5/c1-7-37-28(35)32(29(36)38-8-2)24-15-21-27(32)33(25-17-11-9-12-18-25,26-19-13-10-14-20-26)39-34-30(3,4)22-16-23-31(34,5)6/h9-14,17-20,27H,7-8,15-16,21-24H2,1-6H3. The third-order valence-electron chi connectivity index (χ3n) is 8.75. The van der Waals surface area contributed by atoms with Crippen molar-refractivity contribution < 1.29 is 23.9 Å². The maximum atomic E-state index is 14.0. The fraction of sp³-hybridized carbons (Fsp3) is 0.576. The van der Waals surface area contributed by atoms with Gasteiger partial charge in [0.2, 0.25) is 0 Å². The van der Waals surface area contributed by atoms with Crippen molar-refractivity contribution in [2.24, 2.45) is 11.3 Å². The average Bonchev–Trinajstić information content (AvgIpc) is 3.36. The first-order valence-corrected chi connectivity index (χ1v) is 14.5. The highest BCUT2D eigenvalue weighted by atomic mass is 16.7. The molecule has 212 valence electrons. The molecule has 2 aromatic rings. The van der Waals surface area contributed by atoms with E-state index < -0.39 is 28.9 Å². The molecule has 1 atom stereocenters. The van der Waals surface area contributed by atoms with Gasteiger partial charge in [-0.2, -0.15) is 5.06 Å². The van der Waals surface area contributed by atoms with E-state index >= 15 is 0 Å². The van der Waals surface area contributed by atoms with Gasteiger partial charge in [0.1, 0.15) is 5.60 Å². The zero-order chi connectivity index (χ0) is 28.3. The van der Waals surface area contributed by atoms with Crippen LogP contribution in [0.5, 0.6) is 0 Å². The van der Waals surface area contributed by atoms with E-state index in [0.717, 1.165) is 30.4 Å². The lowest BCUT2D eigenvalue weighted by Crippen LogP contribution is -2.63. The maximum absolute atomic E-state index is 14.0. The lowest BCUT2D eigenvalue weighted by atomic mass is 9.64. The van der Waals surface area contributed by atoms with Crippen LogP contribution in [0.25, 0.3) is 0 Å². The summed E-state index contributed by atoms with van der Waals surface area (Å²) in [5.74, 6) is -1.60. The number of carbonyl (C=O) groups excluding carboxylic acids is 2. The Morgan fingerprint density at radius 1 is 0.769 bits per heavy atom. The second kappa shape index (κ2) is 11.4. The number of carbonyl (C=O) groups is 2. The van der Waals surface area contributed by atoms with Crippen LogP contribution in [0.4, 0.5) is 0 Å². The van der Waals surface area contributed by atoms with Crippen LogP contribution in [0, 0.1) is 11.3 Å². The first-order chi connectivity index (χ1) is 18.6. The van der Waals surface area contributed by atoms with Gasteiger partial charge in [0.05, 0.1) is 13.2 Å². The number of hydroxylamine groups is 2. The Labute approximate surface area is 234 Å². The number of benzene rings is 2. The van der Waals surface area contributed by atoms with E-state index in [9.17, 15) is 9.59 Å². The third kappa shape index (κ3) is 5.14. The number of hydrogen-bond donors (Lipinski definition) is 0. The summed E-state index contributed by atoms with van der Waals surface area (Å²) in [4.78, 5) is 35.4. The predicted molar refractivity (Wildman–Crippen MR) is 152 cm³/mol. The van der Waals surface area contributed by atoms with Crippen LogP contribution < -0.4 is 0 Å². The molecule has 0 spiro atoms. The van der Waals surface area contributed by atoms with E-state index in [1.54, 1.807) is 13.8 Å². The predicted octanol–water partition coefficient (Wildman–Crippen LogP) is 6.82. The molecule has 6 nitrogen and oxygen atoms in total. The van der Waals surface area contributed by atoms with Crippen LogP contribution in [0.1, 0.15) is 91.2 Å². The Kier molecular flexibility index (Phi) is 8.58. The molecule has 1 saturated heterocycles. The molecule has 1 aliphatic heterocycles. The molecule has 0 amide bonds. The van der Waals surface area contributed by atoms with Crippen molar-refractivity contribution in [3.05, 3.63) is 71.8 Å². The Morgan fingerprint density at radius 3 is 1.67 bits per heavy atom. The van der Waals surface area contributed by atoms with Crippen molar-refractivity contribution in [2.75, 3.05) is 13.2 Å². The second-order valence-electron chi connectivity index (χ2n) is 12.2. The lowest BCUT2D eigenvalue weighted by molar-refractivity contribution is -0.345. The first kappa shape index (κ1) is 29.3. The van der Waals surface area contributed by atoms with E-state index in [4.69, 9.17) is 14.3 Å². The number of esters is 2. The van der Waals surface area contributed by atoms with E-state index in [-0.39, 0.29) is 24.3 Å². The van der Waals surface area contributed by atoms with Crippen LogP contribution in [0.3, 0.4) is 0 Å². The summed E-state index contributed by atoms with van der Waals surface area (Å²) in [6, 6.07) is 20.1. The first-order valence-electron chi connectivity index (χ1n) is 14.5. The topological polar surface area (TPSA) is 65.1 Å². The van der Waals surface area contributed by atoms with Crippen molar-refractivity contribution >= 4 is 11.9 Å². The number of hydrogen-bond acceptors (Lipinski definition) is 6. The Hall–Kier alpha value is -2.70. The van der Waals surface area contributed by atoms with E-state index in [1.807, 2.05) is 36.4 Å². The molecular formula is C33H45NO5.